The minimum Gasteiger partial charge on any atom is -0.511 e. The lowest BCUT2D eigenvalue weighted by atomic mass is 9.83. The second-order valence-corrected chi connectivity index (χ2v) is 8.44. The highest BCUT2D eigenvalue weighted by Crippen LogP contribution is 2.43. The van der Waals surface area contributed by atoms with Gasteiger partial charge in [0, 0.05) is 17.4 Å². The molecule has 9 heteroatoms. The van der Waals surface area contributed by atoms with Crippen molar-refractivity contribution in [3.63, 3.8) is 0 Å². The Morgan fingerprint density at radius 2 is 1.68 bits per heavy atom. The summed E-state index contributed by atoms with van der Waals surface area (Å²) < 4.78 is 50.6. The van der Waals surface area contributed by atoms with Crippen LogP contribution in [-0.2, 0) is 33.7 Å². The van der Waals surface area contributed by atoms with Crippen molar-refractivity contribution in [2.24, 2.45) is 11.8 Å². The largest absolute Gasteiger partial charge is 0.511 e. The first-order valence-corrected chi connectivity index (χ1v) is 11.0. The van der Waals surface area contributed by atoms with Gasteiger partial charge >= 0.3 is 6.18 Å². The highest BCUT2D eigenvalue weighted by atomic mass is 19.4. The molecule has 1 fully saturated rings. The Kier molecular flexibility index (Phi) is 7.13. The Labute approximate surface area is 194 Å². The second kappa shape index (κ2) is 10.1. The number of aromatic nitrogens is 1. The molecule has 0 spiro atoms. The van der Waals surface area contributed by atoms with Crippen LogP contribution in [0.15, 0.2) is 53.8 Å². The van der Waals surface area contributed by atoms with Crippen LogP contribution in [0.5, 0.6) is 0 Å². The molecule has 0 saturated heterocycles. The summed E-state index contributed by atoms with van der Waals surface area (Å²) in [4.78, 5) is 29.5. The average molecular weight is 475 g/mol. The van der Waals surface area contributed by atoms with E-state index >= 15 is 0 Å². The third kappa shape index (κ3) is 5.20. The molecule has 6 nitrogen and oxygen atoms in total. The number of carbonyl (C=O) groups excluding carboxylic acids is 2. The quantitative estimate of drug-likeness (QED) is 0.318. The van der Waals surface area contributed by atoms with E-state index in [0.29, 0.717) is 31.9 Å². The first kappa shape index (κ1) is 24.1. The fraction of sp³-hybridized carbons (Fsp3) is 0.400. The zero-order valence-corrected chi connectivity index (χ0v) is 18.3. The number of nitrogens with zero attached hydrogens (tertiary/aromatic N) is 1. The highest BCUT2D eigenvalue weighted by Gasteiger charge is 2.44. The van der Waals surface area contributed by atoms with Crippen molar-refractivity contribution in [2.75, 3.05) is 13.2 Å². The normalized spacial score (nSPS) is 20.1. The van der Waals surface area contributed by atoms with E-state index in [2.05, 4.69) is 4.98 Å². The van der Waals surface area contributed by atoms with Crippen LogP contribution >= 0.6 is 0 Å². The predicted octanol–water partition coefficient (Wildman–Crippen LogP) is 4.83. The lowest BCUT2D eigenvalue weighted by Crippen LogP contribution is -2.28. The Hall–Kier alpha value is -3.04. The van der Waals surface area contributed by atoms with Crippen LogP contribution in [0.4, 0.5) is 13.2 Å². The number of benzene rings is 1. The Morgan fingerprint density at radius 3 is 2.38 bits per heavy atom. The molecule has 2 atom stereocenters. The molecule has 1 N–H and O–H groups in total. The van der Waals surface area contributed by atoms with Gasteiger partial charge in [-0.15, -0.1) is 0 Å². The number of aliphatic hydroxyl groups excluding tert-OH is 1. The summed E-state index contributed by atoms with van der Waals surface area (Å²) in [6, 6.07) is 11.1. The van der Waals surface area contributed by atoms with E-state index in [9.17, 15) is 27.9 Å². The van der Waals surface area contributed by atoms with Gasteiger partial charge < -0.3 is 14.6 Å². The summed E-state index contributed by atoms with van der Waals surface area (Å²) in [7, 11) is 0. The highest BCUT2D eigenvalue weighted by molar-refractivity contribution is 6.28. The molecular formula is C25H24F3NO5. The number of pyridine rings is 1. The molecule has 2 bridgehead atoms. The maximum atomic E-state index is 13.2. The molecule has 2 aliphatic carbocycles. The van der Waals surface area contributed by atoms with Gasteiger partial charge in [-0.25, -0.2) is 4.98 Å². The monoisotopic (exact) mass is 475 g/mol. The molecular weight excluding hydrogens is 451 g/mol. The number of allylic oxidation sites excluding steroid dienone is 2. The molecule has 34 heavy (non-hydrogen) atoms. The van der Waals surface area contributed by atoms with Crippen molar-refractivity contribution in [1.29, 1.82) is 0 Å². The predicted molar refractivity (Wildman–Crippen MR) is 115 cm³/mol. The number of hydrogen-bond donors (Lipinski definition) is 1. The van der Waals surface area contributed by atoms with Crippen LogP contribution in [0.2, 0.25) is 0 Å². The number of carbonyl (C=O) groups is 2. The van der Waals surface area contributed by atoms with Crippen molar-refractivity contribution in [3.8, 4) is 0 Å². The zero-order valence-electron chi connectivity index (χ0n) is 18.3. The number of aliphatic hydroxyl groups is 1. The first-order chi connectivity index (χ1) is 16.3. The van der Waals surface area contributed by atoms with Crippen LogP contribution in [-0.4, -0.2) is 34.9 Å². The molecule has 1 heterocycles. The molecule has 0 aliphatic heterocycles. The van der Waals surface area contributed by atoms with Gasteiger partial charge in [0.1, 0.15) is 17.0 Å². The van der Waals surface area contributed by atoms with E-state index < -0.39 is 23.4 Å². The standard InChI is InChI=1S/C25H24F3NO5/c26-25(27,28)20-9-8-18(24(32)21-22(30)16-6-7-17(12-16)23(21)31)19(29-20)14-34-11-10-33-13-15-4-2-1-3-5-15/h1-5,8-9,16-17,30H,6-7,10-14H2. The fourth-order valence-corrected chi connectivity index (χ4v) is 4.39. The molecule has 2 aromatic rings. The number of alkyl halides is 3. The number of rotatable bonds is 9. The molecule has 180 valence electrons. The van der Waals surface area contributed by atoms with E-state index in [1.54, 1.807) is 0 Å². The molecule has 1 aromatic heterocycles. The second-order valence-electron chi connectivity index (χ2n) is 8.44. The molecule has 2 aliphatic rings. The fourth-order valence-electron chi connectivity index (χ4n) is 4.39. The maximum Gasteiger partial charge on any atom is 0.433 e. The van der Waals surface area contributed by atoms with E-state index in [1.807, 2.05) is 30.3 Å². The summed E-state index contributed by atoms with van der Waals surface area (Å²) in [5, 5.41) is 10.5. The van der Waals surface area contributed by atoms with Gasteiger partial charge in [0.2, 0.25) is 5.78 Å². The Morgan fingerprint density at radius 1 is 1.00 bits per heavy atom. The SMILES string of the molecule is O=C(C1=C(O)C2CCC(C2)C1=O)c1ccc(C(F)(F)F)nc1COCCOCc1ccccc1. The number of hydrogen-bond acceptors (Lipinski definition) is 6. The maximum absolute atomic E-state index is 13.2. The van der Waals surface area contributed by atoms with E-state index in [1.165, 1.54) is 0 Å². The van der Waals surface area contributed by atoms with Gasteiger partial charge in [-0.1, -0.05) is 30.3 Å². The molecule has 1 aromatic carbocycles. The van der Waals surface area contributed by atoms with E-state index in [0.717, 1.165) is 11.6 Å². The summed E-state index contributed by atoms with van der Waals surface area (Å²) in [5.74, 6) is -2.17. The van der Waals surface area contributed by atoms with Gasteiger partial charge in [-0.2, -0.15) is 13.2 Å². The summed E-state index contributed by atoms with van der Waals surface area (Å²) in [6.45, 7) is 0.225. The summed E-state index contributed by atoms with van der Waals surface area (Å²) >= 11 is 0. The third-order valence-corrected chi connectivity index (χ3v) is 6.15. The Bertz CT molecular complexity index is 1100. The number of fused-ring (bicyclic) bond motifs is 2. The molecule has 4 rings (SSSR count). The average Bonchev–Trinajstić information content (AvgIpc) is 3.27. The summed E-state index contributed by atoms with van der Waals surface area (Å²) in [6.07, 6.45) is -3.04. The smallest absolute Gasteiger partial charge is 0.433 e. The van der Waals surface area contributed by atoms with Crippen molar-refractivity contribution in [3.05, 3.63) is 76.3 Å². The lowest BCUT2D eigenvalue weighted by Gasteiger charge is -2.21. The number of halogens is 3. The van der Waals surface area contributed by atoms with Crippen LogP contribution in [0.25, 0.3) is 0 Å². The summed E-state index contributed by atoms with van der Waals surface area (Å²) in [5.41, 5.74) is -0.971. The molecule has 0 amide bonds. The minimum atomic E-state index is -4.71. The van der Waals surface area contributed by atoms with Crippen molar-refractivity contribution in [2.45, 2.75) is 38.7 Å². The van der Waals surface area contributed by atoms with Gasteiger partial charge in [-0.05, 0) is 37.0 Å². The van der Waals surface area contributed by atoms with Crippen LogP contribution in [0.1, 0.15) is 46.6 Å². The van der Waals surface area contributed by atoms with Gasteiger partial charge in [0.15, 0.2) is 5.78 Å². The first-order valence-electron chi connectivity index (χ1n) is 11.0. The van der Waals surface area contributed by atoms with Crippen molar-refractivity contribution < 1.29 is 37.3 Å². The number of ketones is 2. The van der Waals surface area contributed by atoms with Gasteiger partial charge in [0.05, 0.1) is 32.1 Å². The topological polar surface area (TPSA) is 85.7 Å². The minimum absolute atomic E-state index is 0.0649. The van der Waals surface area contributed by atoms with Crippen molar-refractivity contribution >= 4 is 11.6 Å². The number of Topliss-reactive ketones (excluding diaryl/α,β-unsaturated/α-hetero) is 2. The van der Waals surface area contributed by atoms with Crippen LogP contribution < -0.4 is 0 Å². The van der Waals surface area contributed by atoms with E-state index in [4.69, 9.17) is 9.47 Å². The van der Waals surface area contributed by atoms with Gasteiger partial charge in [0.25, 0.3) is 0 Å². The molecule has 2 unspecified atom stereocenters. The van der Waals surface area contributed by atoms with E-state index in [-0.39, 0.29) is 54.2 Å². The molecule has 0 radical (unpaired) electrons. The molecule has 1 saturated carbocycles. The number of ether oxygens (including phenoxy) is 2. The van der Waals surface area contributed by atoms with Crippen LogP contribution in [0, 0.1) is 11.8 Å². The van der Waals surface area contributed by atoms with Gasteiger partial charge in [-0.3, -0.25) is 9.59 Å². The lowest BCUT2D eigenvalue weighted by molar-refractivity contribution is -0.141. The third-order valence-electron chi connectivity index (χ3n) is 6.15. The zero-order chi connectivity index (χ0) is 24.3. The van der Waals surface area contributed by atoms with Crippen molar-refractivity contribution in [1.82, 2.24) is 4.98 Å². The van der Waals surface area contributed by atoms with Crippen LogP contribution in [0.3, 0.4) is 0 Å². The Balaban J connectivity index is 1.47.